The number of aryl methyl sites for hydroxylation is 2. The van der Waals surface area contributed by atoms with Gasteiger partial charge in [-0.05, 0) is 78.9 Å². The summed E-state index contributed by atoms with van der Waals surface area (Å²) in [5, 5.41) is 4.97. The number of amides is 2. The monoisotopic (exact) mass is 459 g/mol. The average molecular weight is 460 g/mol. The molecule has 2 amide bonds. The van der Waals surface area contributed by atoms with Gasteiger partial charge in [0.2, 0.25) is 0 Å². The number of fused-ring (bicyclic) bond motifs is 3. The zero-order chi connectivity index (χ0) is 23.1. The molecular weight excluding hydrogens is 434 g/mol. The van der Waals surface area contributed by atoms with Gasteiger partial charge in [0.1, 0.15) is 5.75 Å². The molecule has 1 aliphatic rings. The lowest BCUT2D eigenvalue weighted by Gasteiger charge is -2.36. The van der Waals surface area contributed by atoms with Gasteiger partial charge in [-0.15, -0.1) is 0 Å². The van der Waals surface area contributed by atoms with E-state index in [4.69, 9.17) is 16.3 Å². The summed E-state index contributed by atoms with van der Waals surface area (Å²) < 4.78 is 5.35. The lowest BCUT2D eigenvalue weighted by Crippen LogP contribution is -2.43. The van der Waals surface area contributed by atoms with E-state index in [9.17, 15) is 4.79 Å². The number of nitrogens with zero attached hydrogens (tertiary/aromatic N) is 1. The van der Waals surface area contributed by atoms with Crippen molar-refractivity contribution < 1.29 is 9.53 Å². The highest BCUT2D eigenvalue weighted by Crippen LogP contribution is 2.39. The van der Waals surface area contributed by atoms with Crippen LogP contribution in [-0.2, 0) is 6.42 Å². The minimum absolute atomic E-state index is 0.119. The maximum absolute atomic E-state index is 13.6. The highest BCUT2D eigenvalue weighted by atomic mass is 35.5. The fourth-order valence-corrected chi connectivity index (χ4v) is 4.84. The van der Waals surface area contributed by atoms with Gasteiger partial charge in [0.15, 0.2) is 0 Å². The van der Waals surface area contributed by atoms with Crippen LogP contribution >= 0.6 is 11.6 Å². The highest BCUT2D eigenvalue weighted by molar-refractivity contribution is 6.31. The number of carbonyl (C=O) groups excluding carboxylic acids is 1. The van der Waals surface area contributed by atoms with Crippen molar-refractivity contribution in [1.82, 2.24) is 9.88 Å². The Morgan fingerprint density at radius 1 is 1.09 bits per heavy atom. The molecule has 2 N–H and O–H groups in total. The van der Waals surface area contributed by atoms with Crippen LogP contribution in [0.1, 0.15) is 34.0 Å². The van der Waals surface area contributed by atoms with E-state index >= 15 is 0 Å². The summed E-state index contributed by atoms with van der Waals surface area (Å²) in [6.07, 6.45) is 0.753. The standard InChI is InChI=1S/C27H26ClN3O2/c1-16-4-5-17(2)24(14-16)30-27(32)31-13-12-21-22-15-19(28)8-11-23(22)29-25(21)26(31)18-6-9-20(33-3)10-7-18/h4-11,14-15,26,29H,12-13H2,1-3H3,(H,30,32)/t26-/m0/s1. The average Bonchev–Trinajstić information content (AvgIpc) is 3.18. The van der Waals surface area contributed by atoms with Crippen LogP contribution in [0, 0.1) is 13.8 Å². The van der Waals surface area contributed by atoms with Crippen LogP contribution in [0.3, 0.4) is 0 Å². The van der Waals surface area contributed by atoms with Crippen LogP contribution in [0.15, 0.2) is 60.7 Å². The summed E-state index contributed by atoms with van der Waals surface area (Å²) in [5.74, 6) is 0.782. The van der Waals surface area contributed by atoms with E-state index in [1.54, 1.807) is 7.11 Å². The number of rotatable bonds is 3. The van der Waals surface area contributed by atoms with Gasteiger partial charge >= 0.3 is 6.03 Å². The Labute approximate surface area is 198 Å². The van der Waals surface area contributed by atoms with Gasteiger partial charge < -0.3 is 19.9 Å². The number of nitrogens with one attached hydrogen (secondary N) is 2. The van der Waals surface area contributed by atoms with E-state index < -0.39 is 0 Å². The number of carbonyl (C=O) groups is 1. The summed E-state index contributed by atoms with van der Waals surface area (Å²) in [5.41, 5.74) is 7.26. The van der Waals surface area contributed by atoms with Crippen molar-refractivity contribution in [2.24, 2.45) is 0 Å². The number of hydrogen-bond donors (Lipinski definition) is 2. The van der Waals surface area contributed by atoms with Crippen molar-refractivity contribution in [3.8, 4) is 5.75 Å². The van der Waals surface area contributed by atoms with Crippen molar-refractivity contribution in [3.05, 3.63) is 93.6 Å². The Kier molecular flexibility index (Phi) is 5.51. The van der Waals surface area contributed by atoms with Crippen LogP contribution < -0.4 is 10.1 Å². The molecule has 0 aliphatic carbocycles. The molecule has 0 saturated carbocycles. The van der Waals surface area contributed by atoms with E-state index in [2.05, 4.69) is 10.3 Å². The summed E-state index contributed by atoms with van der Waals surface area (Å²) >= 11 is 6.30. The molecule has 0 saturated heterocycles. The minimum atomic E-state index is -0.254. The summed E-state index contributed by atoms with van der Waals surface area (Å²) in [4.78, 5) is 19.1. The van der Waals surface area contributed by atoms with Gasteiger partial charge in [0.05, 0.1) is 13.2 Å². The third-order valence-electron chi connectivity index (χ3n) is 6.42. The van der Waals surface area contributed by atoms with Crippen LogP contribution in [0.4, 0.5) is 10.5 Å². The molecule has 0 bridgehead atoms. The van der Waals surface area contributed by atoms with E-state index in [0.717, 1.165) is 51.1 Å². The van der Waals surface area contributed by atoms with Crippen molar-refractivity contribution in [3.63, 3.8) is 0 Å². The molecule has 168 valence electrons. The third-order valence-corrected chi connectivity index (χ3v) is 6.65. The van der Waals surface area contributed by atoms with Crippen molar-refractivity contribution in [1.29, 1.82) is 0 Å². The number of anilines is 1. The number of methoxy groups -OCH3 is 1. The number of aromatic amines is 1. The van der Waals surface area contributed by atoms with E-state index in [0.29, 0.717) is 11.6 Å². The van der Waals surface area contributed by atoms with Crippen molar-refractivity contribution in [2.45, 2.75) is 26.3 Å². The zero-order valence-corrected chi connectivity index (χ0v) is 19.7. The number of hydrogen-bond acceptors (Lipinski definition) is 2. The van der Waals surface area contributed by atoms with Crippen molar-refractivity contribution in [2.75, 3.05) is 19.0 Å². The molecule has 1 aromatic heterocycles. The Morgan fingerprint density at radius 2 is 1.88 bits per heavy atom. The Hall–Kier alpha value is -3.44. The van der Waals surface area contributed by atoms with Gasteiger partial charge in [-0.3, -0.25) is 0 Å². The topological polar surface area (TPSA) is 57.4 Å². The Bertz CT molecular complexity index is 1340. The number of H-pyrrole nitrogens is 1. The number of halogens is 1. The number of ether oxygens (including phenoxy) is 1. The van der Waals surface area contributed by atoms with Crippen LogP contribution in [-0.4, -0.2) is 29.6 Å². The molecule has 6 heteroatoms. The van der Waals surface area contributed by atoms with Gasteiger partial charge in [-0.1, -0.05) is 35.9 Å². The normalized spacial score (nSPS) is 15.4. The summed E-state index contributed by atoms with van der Waals surface area (Å²) in [7, 11) is 1.65. The lowest BCUT2D eigenvalue weighted by atomic mass is 9.92. The predicted octanol–water partition coefficient (Wildman–Crippen LogP) is 6.63. The fourth-order valence-electron chi connectivity index (χ4n) is 4.67. The molecule has 33 heavy (non-hydrogen) atoms. The zero-order valence-electron chi connectivity index (χ0n) is 18.9. The van der Waals surface area contributed by atoms with Crippen LogP contribution in [0.25, 0.3) is 10.9 Å². The SMILES string of the molecule is COc1ccc([C@H]2c3[nH]c4ccc(Cl)cc4c3CCN2C(=O)Nc2cc(C)ccc2C)cc1. The van der Waals surface area contributed by atoms with Gasteiger partial charge in [0, 0.05) is 33.9 Å². The smallest absolute Gasteiger partial charge is 0.322 e. The first kappa shape index (κ1) is 21.4. The van der Waals surface area contributed by atoms with Crippen LogP contribution in [0.2, 0.25) is 5.02 Å². The van der Waals surface area contributed by atoms with Gasteiger partial charge in [-0.25, -0.2) is 4.79 Å². The van der Waals surface area contributed by atoms with Gasteiger partial charge in [-0.2, -0.15) is 0 Å². The number of aromatic nitrogens is 1. The van der Waals surface area contributed by atoms with Crippen LogP contribution in [0.5, 0.6) is 5.75 Å². The minimum Gasteiger partial charge on any atom is -0.497 e. The molecule has 2 heterocycles. The first-order chi connectivity index (χ1) is 15.9. The second-order valence-electron chi connectivity index (χ2n) is 8.57. The quantitative estimate of drug-likeness (QED) is 0.361. The second kappa shape index (κ2) is 8.49. The fraction of sp³-hybridized carbons (Fsp3) is 0.222. The first-order valence-electron chi connectivity index (χ1n) is 11.0. The molecule has 0 fully saturated rings. The Balaban J connectivity index is 1.59. The second-order valence-corrected chi connectivity index (χ2v) is 9.01. The largest absolute Gasteiger partial charge is 0.497 e. The molecule has 4 aromatic rings. The molecule has 5 rings (SSSR count). The van der Waals surface area contributed by atoms with E-state index in [1.807, 2.05) is 79.4 Å². The van der Waals surface area contributed by atoms with Crippen molar-refractivity contribution >= 4 is 34.2 Å². The molecule has 5 nitrogen and oxygen atoms in total. The van der Waals surface area contributed by atoms with E-state index in [1.165, 1.54) is 5.56 Å². The molecule has 1 atom stereocenters. The lowest BCUT2D eigenvalue weighted by molar-refractivity contribution is 0.193. The molecular formula is C27H26ClN3O2. The number of urea groups is 1. The molecule has 3 aromatic carbocycles. The summed E-state index contributed by atoms with van der Waals surface area (Å²) in [6, 6.07) is 19.5. The highest BCUT2D eigenvalue weighted by Gasteiger charge is 2.34. The van der Waals surface area contributed by atoms with Gasteiger partial charge in [0.25, 0.3) is 0 Å². The molecule has 0 radical (unpaired) electrons. The molecule has 0 spiro atoms. The van der Waals surface area contributed by atoms with E-state index in [-0.39, 0.29) is 12.1 Å². The molecule has 1 aliphatic heterocycles. The first-order valence-corrected chi connectivity index (χ1v) is 11.4. The predicted molar refractivity (Wildman–Crippen MR) is 133 cm³/mol. The maximum atomic E-state index is 13.6. The third kappa shape index (κ3) is 3.93. The molecule has 0 unspecified atom stereocenters. The Morgan fingerprint density at radius 3 is 2.64 bits per heavy atom. The maximum Gasteiger partial charge on any atom is 0.322 e. The number of benzene rings is 3. The summed E-state index contributed by atoms with van der Waals surface area (Å²) in [6.45, 7) is 4.63.